The minimum absolute atomic E-state index is 0.598. The van der Waals surface area contributed by atoms with E-state index in [1.165, 1.54) is 0 Å². The van der Waals surface area contributed by atoms with E-state index in [1.807, 2.05) is 19.2 Å². The minimum atomic E-state index is 0.598. The lowest BCUT2D eigenvalue weighted by Gasteiger charge is -2.05. The number of rotatable bonds is 3. The lowest BCUT2D eigenvalue weighted by atomic mass is 10.3. The van der Waals surface area contributed by atoms with E-state index in [0.717, 1.165) is 22.4 Å². The third kappa shape index (κ3) is 2.09. The van der Waals surface area contributed by atoms with E-state index < -0.39 is 0 Å². The van der Waals surface area contributed by atoms with Gasteiger partial charge in [0.15, 0.2) is 11.6 Å². The van der Waals surface area contributed by atoms with Crippen molar-refractivity contribution in [3.8, 4) is 11.6 Å². The Morgan fingerprint density at radius 3 is 2.81 bits per heavy atom. The van der Waals surface area contributed by atoms with Crippen molar-refractivity contribution in [2.75, 3.05) is 12.4 Å². The number of aromatic nitrogens is 2. The van der Waals surface area contributed by atoms with E-state index in [-0.39, 0.29) is 0 Å². The third-order valence-corrected chi connectivity index (χ3v) is 2.84. The van der Waals surface area contributed by atoms with Crippen LogP contribution in [0.5, 0.6) is 0 Å². The second kappa shape index (κ2) is 4.65. The largest absolute Gasteiger partial charge is 0.460 e. The van der Waals surface area contributed by atoms with Crippen molar-refractivity contribution in [2.24, 2.45) is 0 Å². The summed E-state index contributed by atoms with van der Waals surface area (Å²) in [5, 5.41) is 3.02. The first kappa shape index (κ1) is 11.1. The van der Waals surface area contributed by atoms with Crippen LogP contribution in [0.4, 0.5) is 5.82 Å². The minimum Gasteiger partial charge on any atom is -0.460 e. The van der Waals surface area contributed by atoms with Crippen LogP contribution in [0.3, 0.4) is 0 Å². The number of furan rings is 1. The molecule has 4 nitrogen and oxygen atoms in total. The third-order valence-electron chi connectivity index (χ3n) is 2.22. The van der Waals surface area contributed by atoms with Gasteiger partial charge >= 0.3 is 0 Å². The lowest BCUT2D eigenvalue weighted by molar-refractivity contribution is 0.575. The average Bonchev–Trinajstić information content (AvgIpc) is 2.74. The maximum absolute atomic E-state index is 5.35. The first-order chi connectivity index (χ1) is 7.74. The van der Waals surface area contributed by atoms with Gasteiger partial charge in [0.2, 0.25) is 0 Å². The van der Waals surface area contributed by atoms with Crippen LogP contribution in [0.1, 0.15) is 12.6 Å². The highest BCUT2D eigenvalue weighted by Gasteiger charge is 2.11. The van der Waals surface area contributed by atoms with E-state index in [4.69, 9.17) is 4.42 Å². The Morgan fingerprint density at radius 2 is 2.25 bits per heavy atom. The molecule has 0 aromatic carbocycles. The normalized spacial score (nSPS) is 10.4. The highest BCUT2D eigenvalue weighted by atomic mass is 79.9. The Kier molecular flexibility index (Phi) is 3.24. The quantitative estimate of drug-likeness (QED) is 0.939. The summed E-state index contributed by atoms with van der Waals surface area (Å²) >= 11 is 3.40. The van der Waals surface area contributed by atoms with E-state index in [1.54, 1.807) is 6.26 Å². The van der Waals surface area contributed by atoms with Crippen LogP contribution in [0.15, 0.2) is 27.3 Å². The van der Waals surface area contributed by atoms with Crippen LogP contribution in [-0.4, -0.2) is 17.0 Å². The zero-order valence-corrected chi connectivity index (χ0v) is 10.7. The van der Waals surface area contributed by atoms with Gasteiger partial charge < -0.3 is 9.73 Å². The Bertz CT molecular complexity index is 473. The summed E-state index contributed by atoms with van der Waals surface area (Å²) < 4.78 is 6.21. The number of halogens is 1. The van der Waals surface area contributed by atoms with Gasteiger partial charge in [0, 0.05) is 18.8 Å². The van der Waals surface area contributed by atoms with E-state index in [2.05, 4.69) is 38.1 Å². The van der Waals surface area contributed by atoms with Crippen molar-refractivity contribution in [1.29, 1.82) is 0 Å². The molecule has 0 aliphatic rings. The van der Waals surface area contributed by atoms with Gasteiger partial charge in [-0.2, -0.15) is 0 Å². The molecule has 0 bridgehead atoms. The molecule has 16 heavy (non-hydrogen) atoms. The van der Waals surface area contributed by atoms with Gasteiger partial charge in [-0.3, -0.25) is 0 Å². The lowest BCUT2D eigenvalue weighted by Crippen LogP contribution is -1.99. The molecular formula is C11H12BrN3O. The molecule has 84 valence electrons. The number of nitrogens with one attached hydrogen (secondary N) is 1. The maximum Gasteiger partial charge on any atom is 0.199 e. The molecular weight excluding hydrogens is 270 g/mol. The summed E-state index contributed by atoms with van der Waals surface area (Å²) in [5.74, 6) is 2.05. The van der Waals surface area contributed by atoms with Crippen LogP contribution >= 0.6 is 15.9 Å². The fourth-order valence-corrected chi connectivity index (χ4v) is 1.74. The van der Waals surface area contributed by atoms with Crippen molar-refractivity contribution in [1.82, 2.24) is 9.97 Å². The molecule has 0 unspecified atom stereocenters. The fourth-order valence-electron chi connectivity index (χ4n) is 1.36. The summed E-state index contributed by atoms with van der Waals surface area (Å²) in [6.07, 6.45) is 2.48. The summed E-state index contributed by atoms with van der Waals surface area (Å²) in [6.45, 7) is 2.06. The molecule has 2 rings (SSSR count). The average molecular weight is 282 g/mol. The van der Waals surface area contributed by atoms with Crippen LogP contribution in [0.2, 0.25) is 0 Å². The molecule has 5 heteroatoms. The van der Waals surface area contributed by atoms with Gasteiger partial charge in [0.1, 0.15) is 5.82 Å². The van der Waals surface area contributed by atoms with Crippen LogP contribution in [0.25, 0.3) is 11.6 Å². The number of aryl methyl sites for hydroxylation is 1. The Labute approximate surface area is 102 Å². The van der Waals surface area contributed by atoms with Gasteiger partial charge in [-0.15, -0.1) is 0 Å². The first-order valence-electron chi connectivity index (χ1n) is 5.03. The molecule has 2 heterocycles. The second-order valence-corrected chi connectivity index (χ2v) is 4.12. The molecule has 0 radical (unpaired) electrons. The summed E-state index contributed by atoms with van der Waals surface area (Å²) in [7, 11) is 1.84. The highest BCUT2D eigenvalue weighted by molar-refractivity contribution is 9.10. The Hall–Kier alpha value is -1.36. The maximum atomic E-state index is 5.35. The van der Waals surface area contributed by atoms with E-state index in [0.29, 0.717) is 11.6 Å². The monoisotopic (exact) mass is 281 g/mol. The topological polar surface area (TPSA) is 51.0 Å². The van der Waals surface area contributed by atoms with Crippen LogP contribution in [-0.2, 0) is 6.42 Å². The number of hydrogen-bond acceptors (Lipinski definition) is 4. The first-order valence-corrected chi connectivity index (χ1v) is 5.83. The van der Waals surface area contributed by atoms with Crippen LogP contribution in [0, 0.1) is 0 Å². The molecule has 0 saturated heterocycles. The molecule has 1 N–H and O–H groups in total. The van der Waals surface area contributed by atoms with Crippen molar-refractivity contribution < 1.29 is 4.42 Å². The number of anilines is 1. The van der Waals surface area contributed by atoms with Gasteiger partial charge in [-0.1, -0.05) is 6.92 Å². The van der Waals surface area contributed by atoms with E-state index in [9.17, 15) is 0 Å². The second-order valence-electron chi connectivity index (χ2n) is 3.27. The van der Waals surface area contributed by atoms with Gasteiger partial charge in [0.25, 0.3) is 0 Å². The molecule has 2 aromatic heterocycles. The van der Waals surface area contributed by atoms with Crippen molar-refractivity contribution >= 4 is 21.7 Å². The zero-order valence-electron chi connectivity index (χ0n) is 9.12. The van der Waals surface area contributed by atoms with Crippen molar-refractivity contribution in [3.63, 3.8) is 0 Å². The fraction of sp³-hybridized carbons (Fsp3) is 0.273. The van der Waals surface area contributed by atoms with Crippen molar-refractivity contribution in [3.05, 3.63) is 28.6 Å². The summed E-state index contributed by atoms with van der Waals surface area (Å²) in [5.41, 5.74) is 0.984. The van der Waals surface area contributed by atoms with E-state index >= 15 is 0 Å². The SMILES string of the molecule is CCc1cc(NC)nc(-c2occc2Br)n1. The molecule has 0 aliphatic carbocycles. The summed E-state index contributed by atoms with van der Waals surface area (Å²) in [4.78, 5) is 8.79. The molecule has 0 fully saturated rings. The van der Waals surface area contributed by atoms with Gasteiger partial charge in [-0.25, -0.2) is 9.97 Å². The van der Waals surface area contributed by atoms with Crippen LogP contribution < -0.4 is 5.32 Å². The molecule has 0 aliphatic heterocycles. The Morgan fingerprint density at radius 1 is 1.44 bits per heavy atom. The zero-order chi connectivity index (χ0) is 11.5. The predicted octanol–water partition coefficient (Wildman–Crippen LogP) is 3.10. The molecule has 2 aromatic rings. The molecule has 0 atom stereocenters. The molecule has 0 amide bonds. The standard InChI is InChI=1S/C11H12BrN3O/c1-3-7-6-9(13-2)15-11(14-7)10-8(12)4-5-16-10/h4-6H,3H2,1-2H3,(H,13,14,15). The number of nitrogens with zero attached hydrogens (tertiary/aromatic N) is 2. The predicted molar refractivity (Wildman–Crippen MR) is 66.4 cm³/mol. The highest BCUT2D eigenvalue weighted by Crippen LogP contribution is 2.27. The van der Waals surface area contributed by atoms with Gasteiger partial charge in [-0.05, 0) is 28.4 Å². The van der Waals surface area contributed by atoms with Gasteiger partial charge in [0.05, 0.1) is 10.7 Å². The summed E-state index contributed by atoms with van der Waals surface area (Å²) in [6, 6.07) is 3.76. The van der Waals surface area contributed by atoms with Crippen molar-refractivity contribution in [2.45, 2.75) is 13.3 Å². The number of hydrogen-bond donors (Lipinski definition) is 1. The molecule has 0 spiro atoms. The molecule has 0 saturated carbocycles. The Balaban J connectivity index is 2.52. The smallest absolute Gasteiger partial charge is 0.199 e.